The van der Waals surface area contributed by atoms with Gasteiger partial charge in [-0.25, -0.2) is 0 Å². The second kappa shape index (κ2) is 10.8. The van der Waals surface area contributed by atoms with Gasteiger partial charge in [0.1, 0.15) is 0 Å². The van der Waals surface area contributed by atoms with Crippen LogP contribution in [0.4, 0.5) is 0 Å². The number of guanidine groups is 1. The number of carbonyl (C=O) groups is 2. The van der Waals surface area contributed by atoms with Crippen molar-refractivity contribution in [2.75, 3.05) is 20.2 Å². The molecule has 1 aliphatic rings. The van der Waals surface area contributed by atoms with Crippen LogP contribution in [-0.4, -0.2) is 49.0 Å². The van der Waals surface area contributed by atoms with Crippen LogP contribution in [0.25, 0.3) is 11.1 Å². The zero-order chi connectivity index (χ0) is 23.1. The van der Waals surface area contributed by atoms with E-state index in [-0.39, 0.29) is 23.8 Å². The fourth-order valence-electron chi connectivity index (χ4n) is 4.33. The number of likely N-dealkylation sites (tertiary alicyclic amines) is 1. The molecule has 0 saturated carbocycles. The van der Waals surface area contributed by atoms with Crippen LogP contribution in [0, 0.1) is 17.2 Å². The predicted molar refractivity (Wildman–Crippen MR) is 125 cm³/mol. The van der Waals surface area contributed by atoms with E-state index in [1.165, 1.54) is 7.11 Å². The Morgan fingerprint density at radius 3 is 2.44 bits per heavy atom. The normalized spacial score (nSPS) is 17.8. The second-order valence-electron chi connectivity index (χ2n) is 8.41. The molecule has 7 heteroatoms. The van der Waals surface area contributed by atoms with Crippen molar-refractivity contribution in [1.29, 1.82) is 5.41 Å². The van der Waals surface area contributed by atoms with Crippen LogP contribution in [0.2, 0.25) is 0 Å². The number of benzene rings is 2. The fraction of sp³-hybridized carbons (Fsp3) is 0.400. The zero-order valence-electron chi connectivity index (χ0n) is 18.7. The molecule has 0 radical (unpaired) electrons. The molecule has 1 fully saturated rings. The Hall–Kier alpha value is -3.35. The highest BCUT2D eigenvalue weighted by molar-refractivity contribution is 5.95. The molecule has 1 saturated heterocycles. The summed E-state index contributed by atoms with van der Waals surface area (Å²) in [7, 11) is 1.37. The van der Waals surface area contributed by atoms with Gasteiger partial charge in [0.2, 0.25) is 0 Å². The van der Waals surface area contributed by atoms with Crippen LogP contribution < -0.4 is 11.1 Å². The highest BCUT2D eigenvalue weighted by Gasteiger charge is 2.32. The number of piperidine rings is 1. The van der Waals surface area contributed by atoms with Gasteiger partial charge in [0, 0.05) is 24.7 Å². The molecular weight excluding hydrogens is 404 g/mol. The van der Waals surface area contributed by atoms with E-state index >= 15 is 0 Å². The van der Waals surface area contributed by atoms with Crippen molar-refractivity contribution in [2.45, 2.75) is 32.2 Å². The number of methoxy groups -OCH3 is 1. The van der Waals surface area contributed by atoms with Crippen LogP contribution in [0.1, 0.15) is 36.5 Å². The molecule has 1 heterocycles. The van der Waals surface area contributed by atoms with E-state index in [1.54, 1.807) is 12.1 Å². The lowest BCUT2D eigenvalue weighted by Crippen LogP contribution is -2.46. The summed E-state index contributed by atoms with van der Waals surface area (Å²) >= 11 is 0. The highest BCUT2D eigenvalue weighted by atomic mass is 16.5. The van der Waals surface area contributed by atoms with E-state index < -0.39 is 12.0 Å². The van der Waals surface area contributed by atoms with Crippen LogP contribution >= 0.6 is 0 Å². The van der Waals surface area contributed by atoms with Gasteiger partial charge in [-0.2, -0.15) is 0 Å². The average molecular weight is 437 g/mol. The molecule has 2 aromatic rings. The standard InChI is InChI=1S/C25H32N4O3/c1-17(22(24(31)32-2)15-18-7-6-14-29(16-18)25(26)27)28-23(30)21-12-10-20(11-13-21)19-8-4-3-5-9-19/h3-5,8-13,17-18,22H,6-7,14-16H2,1-2H3,(H3,26,27)(H,28,30)/t17-,18?,22-/m1/s1. The van der Waals surface area contributed by atoms with Gasteiger partial charge in [0.25, 0.3) is 5.91 Å². The van der Waals surface area contributed by atoms with Gasteiger partial charge < -0.3 is 20.7 Å². The first-order valence-corrected chi connectivity index (χ1v) is 11.0. The summed E-state index contributed by atoms with van der Waals surface area (Å²) in [6.45, 7) is 3.24. The number of hydrogen-bond donors (Lipinski definition) is 3. The third-order valence-corrected chi connectivity index (χ3v) is 6.17. The Labute approximate surface area is 189 Å². The van der Waals surface area contributed by atoms with Crippen molar-refractivity contribution < 1.29 is 14.3 Å². The third-order valence-electron chi connectivity index (χ3n) is 6.17. The van der Waals surface area contributed by atoms with E-state index in [0.717, 1.165) is 30.5 Å². The number of nitrogens with zero attached hydrogens (tertiary/aromatic N) is 1. The topological polar surface area (TPSA) is 109 Å². The SMILES string of the molecule is COC(=O)[C@H](CC1CCCN(C(=N)N)C1)[C@@H](C)NC(=O)c1ccc(-c2ccccc2)cc1. The maximum atomic E-state index is 12.8. The van der Waals surface area contributed by atoms with E-state index in [9.17, 15) is 9.59 Å². The molecular formula is C25H32N4O3. The van der Waals surface area contributed by atoms with Gasteiger partial charge >= 0.3 is 5.97 Å². The molecule has 1 aliphatic heterocycles. The van der Waals surface area contributed by atoms with Gasteiger partial charge in [0.05, 0.1) is 13.0 Å². The molecule has 3 rings (SSSR count). The molecule has 170 valence electrons. The van der Waals surface area contributed by atoms with E-state index in [4.69, 9.17) is 15.9 Å². The Bertz CT molecular complexity index is 930. The van der Waals surface area contributed by atoms with Crippen molar-refractivity contribution in [1.82, 2.24) is 10.2 Å². The number of nitrogens with two attached hydrogens (primary N) is 1. The number of rotatable bonds is 7. The average Bonchev–Trinajstić information content (AvgIpc) is 2.82. The number of carbonyl (C=O) groups excluding carboxylic acids is 2. The lowest BCUT2D eigenvalue weighted by Gasteiger charge is -2.35. The van der Waals surface area contributed by atoms with Gasteiger partial charge in [0.15, 0.2) is 5.96 Å². The highest BCUT2D eigenvalue weighted by Crippen LogP contribution is 2.26. The summed E-state index contributed by atoms with van der Waals surface area (Å²) in [5.41, 5.74) is 8.31. The van der Waals surface area contributed by atoms with Crippen molar-refractivity contribution >= 4 is 17.8 Å². The third kappa shape index (κ3) is 5.87. The summed E-state index contributed by atoms with van der Waals surface area (Å²) in [5, 5.41) is 10.7. The number of hydrogen-bond acceptors (Lipinski definition) is 4. The number of ether oxygens (including phenoxy) is 1. The van der Waals surface area contributed by atoms with Gasteiger partial charge in [-0.05, 0) is 55.4 Å². The van der Waals surface area contributed by atoms with Crippen molar-refractivity contribution in [3.05, 3.63) is 60.2 Å². The maximum absolute atomic E-state index is 12.8. The molecule has 4 N–H and O–H groups in total. The summed E-state index contributed by atoms with van der Waals surface area (Å²) in [6, 6.07) is 17.0. The van der Waals surface area contributed by atoms with E-state index in [2.05, 4.69) is 5.32 Å². The van der Waals surface area contributed by atoms with Crippen molar-refractivity contribution in [2.24, 2.45) is 17.6 Å². The van der Waals surface area contributed by atoms with Crippen LogP contribution in [0.5, 0.6) is 0 Å². The molecule has 1 amide bonds. The minimum Gasteiger partial charge on any atom is -0.469 e. The monoisotopic (exact) mass is 436 g/mol. The van der Waals surface area contributed by atoms with Crippen LogP contribution in [0.3, 0.4) is 0 Å². The predicted octanol–water partition coefficient (Wildman–Crippen LogP) is 3.26. The van der Waals surface area contributed by atoms with Gasteiger partial charge in [-0.15, -0.1) is 0 Å². The van der Waals surface area contributed by atoms with Crippen molar-refractivity contribution in [3.8, 4) is 11.1 Å². The first-order chi connectivity index (χ1) is 15.4. The smallest absolute Gasteiger partial charge is 0.310 e. The number of nitrogens with one attached hydrogen (secondary N) is 2. The molecule has 0 aromatic heterocycles. The Morgan fingerprint density at radius 1 is 1.16 bits per heavy atom. The first kappa shape index (κ1) is 23.3. The minimum atomic E-state index is -0.468. The summed E-state index contributed by atoms with van der Waals surface area (Å²) in [4.78, 5) is 27.2. The molecule has 1 unspecified atom stereocenters. The van der Waals surface area contributed by atoms with E-state index in [0.29, 0.717) is 18.5 Å². The van der Waals surface area contributed by atoms with Gasteiger partial charge in [-0.3, -0.25) is 15.0 Å². The summed E-state index contributed by atoms with van der Waals surface area (Å²) < 4.78 is 5.03. The molecule has 2 aromatic carbocycles. The quantitative estimate of drug-likeness (QED) is 0.351. The van der Waals surface area contributed by atoms with Crippen LogP contribution in [0.15, 0.2) is 54.6 Å². The molecule has 0 bridgehead atoms. The summed E-state index contributed by atoms with van der Waals surface area (Å²) in [6.07, 6.45) is 2.45. The van der Waals surface area contributed by atoms with Crippen molar-refractivity contribution in [3.63, 3.8) is 0 Å². The minimum absolute atomic E-state index is 0.0598. The largest absolute Gasteiger partial charge is 0.469 e. The number of amides is 1. The Balaban J connectivity index is 1.65. The second-order valence-corrected chi connectivity index (χ2v) is 8.41. The van der Waals surface area contributed by atoms with Crippen LogP contribution in [-0.2, 0) is 9.53 Å². The zero-order valence-corrected chi connectivity index (χ0v) is 18.7. The Kier molecular flexibility index (Phi) is 7.87. The molecule has 7 nitrogen and oxygen atoms in total. The summed E-state index contributed by atoms with van der Waals surface area (Å²) in [5.74, 6) is -0.757. The first-order valence-electron chi connectivity index (χ1n) is 11.0. The molecule has 0 aliphatic carbocycles. The lowest BCUT2D eigenvalue weighted by atomic mass is 9.85. The Morgan fingerprint density at radius 2 is 1.81 bits per heavy atom. The number of esters is 1. The molecule has 32 heavy (non-hydrogen) atoms. The molecule has 0 spiro atoms. The van der Waals surface area contributed by atoms with Gasteiger partial charge in [-0.1, -0.05) is 42.5 Å². The lowest BCUT2D eigenvalue weighted by molar-refractivity contribution is -0.147. The molecule has 3 atom stereocenters. The maximum Gasteiger partial charge on any atom is 0.310 e. The fourth-order valence-corrected chi connectivity index (χ4v) is 4.33. The van der Waals surface area contributed by atoms with E-state index in [1.807, 2.05) is 54.3 Å².